The summed E-state index contributed by atoms with van der Waals surface area (Å²) >= 11 is 2.91. The van der Waals surface area contributed by atoms with E-state index >= 15 is 0 Å². The van der Waals surface area contributed by atoms with Crippen LogP contribution in [0.15, 0.2) is 58.8 Å². The summed E-state index contributed by atoms with van der Waals surface area (Å²) in [7, 11) is 0. The molecule has 0 saturated heterocycles. The SMILES string of the molecule is CCN(CC)Sc1ccc(-c2csc(NC(=O)c3cccc(C(F)(F)F)c3)n2)cc1. The molecular formula is C21H20F3N3OS2. The maximum atomic E-state index is 12.8. The smallest absolute Gasteiger partial charge is 0.298 e. The quantitative estimate of drug-likeness (QED) is 0.421. The lowest BCUT2D eigenvalue weighted by molar-refractivity contribution is -0.137. The van der Waals surface area contributed by atoms with Gasteiger partial charge in [0.25, 0.3) is 5.91 Å². The first-order valence-electron chi connectivity index (χ1n) is 9.27. The van der Waals surface area contributed by atoms with Gasteiger partial charge in [-0.15, -0.1) is 11.3 Å². The van der Waals surface area contributed by atoms with Crippen LogP contribution in [-0.4, -0.2) is 28.3 Å². The zero-order valence-electron chi connectivity index (χ0n) is 16.4. The van der Waals surface area contributed by atoms with E-state index in [0.717, 1.165) is 35.7 Å². The van der Waals surface area contributed by atoms with Crippen LogP contribution >= 0.6 is 23.3 Å². The first-order valence-corrected chi connectivity index (χ1v) is 10.9. The van der Waals surface area contributed by atoms with Gasteiger partial charge in [-0.1, -0.05) is 32.0 Å². The van der Waals surface area contributed by atoms with E-state index in [4.69, 9.17) is 0 Å². The summed E-state index contributed by atoms with van der Waals surface area (Å²) in [4.78, 5) is 17.8. The van der Waals surface area contributed by atoms with Crippen LogP contribution in [0.2, 0.25) is 0 Å². The first kappa shape index (κ1) is 22.3. The fraction of sp³-hybridized carbons (Fsp3) is 0.238. The number of aromatic nitrogens is 1. The number of thiazole rings is 1. The Morgan fingerprint density at radius 1 is 1.13 bits per heavy atom. The number of hydrogen-bond donors (Lipinski definition) is 1. The average molecular weight is 452 g/mol. The zero-order valence-corrected chi connectivity index (χ0v) is 18.0. The van der Waals surface area contributed by atoms with Crippen molar-refractivity contribution in [3.05, 3.63) is 65.0 Å². The molecule has 0 unspecified atom stereocenters. The lowest BCUT2D eigenvalue weighted by atomic mass is 10.1. The molecule has 0 saturated carbocycles. The third kappa shape index (κ3) is 5.62. The normalized spacial score (nSPS) is 11.7. The predicted octanol–water partition coefficient (Wildman–Crippen LogP) is 6.43. The van der Waals surface area contributed by atoms with Crippen LogP contribution in [0.1, 0.15) is 29.8 Å². The van der Waals surface area contributed by atoms with Gasteiger partial charge in [0.1, 0.15) is 0 Å². The number of carbonyl (C=O) groups is 1. The van der Waals surface area contributed by atoms with E-state index < -0.39 is 17.6 Å². The van der Waals surface area contributed by atoms with Gasteiger partial charge in [-0.2, -0.15) is 13.2 Å². The van der Waals surface area contributed by atoms with Crippen LogP contribution in [0.25, 0.3) is 11.3 Å². The lowest BCUT2D eigenvalue weighted by Crippen LogP contribution is -2.13. The molecule has 1 N–H and O–H groups in total. The van der Waals surface area contributed by atoms with Crippen molar-refractivity contribution in [1.82, 2.24) is 9.29 Å². The second-order valence-corrected chi connectivity index (χ2v) is 8.33. The van der Waals surface area contributed by atoms with Gasteiger partial charge in [0.2, 0.25) is 0 Å². The number of hydrogen-bond acceptors (Lipinski definition) is 5. The maximum Gasteiger partial charge on any atom is 0.416 e. The molecule has 0 aliphatic heterocycles. The minimum atomic E-state index is -4.50. The number of nitrogens with zero attached hydrogens (tertiary/aromatic N) is 2. The summed E-state index contributed by atoms with van der Waals surface area (Å²) in [6.07, 6.45) is -4.50. The van der Waals surface area contributed by atoms with Crippen molar-refractivity contribution >= 4 is 34.3 Å². The molecule has 9 heteroatoms. The Morgan fingerprint density at radius 3 is 2.47 bits per heavy atom. The lowest BCUT2D eigenvalue weighted by Gasteiger charge is -2.16. The molecule has 0 atom stereocenters. The number of anilines is 1. The minimum Gasteiger partial charge on any atom is -0.298 e. The molecule has 158 valence electrons. The average Bonchev–Trinajstić information content (AvgIpc) is 3.20. The van der Waals surface area contributed by atoms with E-state index in [1.807, 2.05) is 24.3 Å². The Kier molecular flexibility index (Phi) is 7.17. The summed E-state index contributed by atoms with van der Waals surface area (Å²) in [5.74, 6) is -0.632. The van der Waals surface area contributed by atoms with Crippen LogP contribution in [0.5, 0.6) is 0 Å². The van der Waals surface area contributed by atoms with E-state index in [-0.39, 0.29) is 5.56 Å². The summed E-state index contributed by atoms with van der Waals surface area (Å²) in [6.45, 7) is 6.11. The molecule has 1 amide bonds. The molecule has 0 bridgehead atoms. The van der Waals surface area contributed by atoms with Gasteiger partial charge in [0.15, 0.2) is 5.13 Å². The third-order valence-corrected chi connectivity index (χ3v) is 6.28. The Morgan fingerprint density at radius 2 is 1.83 bits per heavy atom. The van der Waals surface area contributed by atoms with Crippen molar-refractivity contribution in [2.24, 2.45) is 0 Å². The Labute approximate surface area is 181 Å². The summed E-state index contributed by atoms with van der Waals surface area (Å²) in [6, 6.07) is 12.3. The minimum absolute atomic E-state index is 0.0700. The van der Waals surface area contributed by atoms with E-state index in [1.165, 1.54) is 23.5 Å². The van der Waals surface area contributed by atoms with E-state index in [9.17, 15) is 18.0 Å². The summed E-state index contributed by atoms with van der Waals surface area (Å²) in [5, 5.41) is 4.70. The number of nitrogens with one attached hydrogen (secondary N) is 1. The largest absolute Gasteiger partial charge is 0.416 e. The molecule has 3 rings (SSSR count). The molecular weight excluding hydrogens is 431 g/mol. The van der Waals surface area contributed by atoms with Crippen molar-refractivity contribution in [3.8, 4) is 11.3 Å². The van der Waals surface area contributed by atoms with E-state index in [2.05, 4.69) is 28.5 Å². The number of rotatable bonds is 7. The monoisotopic (exact) mass is 451 g/mol. The maximum absolute atomic E-state index is 12.8. The van der Waals surface area contributed by atoms with Crippen LogP contribution in [-0.2, 0) is 6.18 Å². The number of halogens is 3. The number of amides is 1. The van der Waals surface area contributed by atoms with Crippen molar-refractivity contribution in [3.63, 3.8) is 0 Å². The molecule has 0 fully saturated rings. The highest BCUT2D eigenvalue weighted by Crippen LogP contribution is 2.31. The van der Waals surface area contributed by atoms with Gasteiger partial charge in [0, 0.05) is 34.5 Å². The standard InChI is InChI=1S/C21H20F3N3OS2/c1-3-27(4-2)30-17-10-8-14(9-11-17)18-13-29-20(25-18)26-19(28)15-6-5-7-16(12-15)21(22,23)24/h5-13H,3-4H2,1-2H3,(H,25,26,28). The molecule has 2 aromatic carbocycles. The molecule has 0 spiro atoms. The van der Waals surface area contributed by atoms with Gasteiger partial charge in [-0.05, 0) is 42.3 Å². The van der Waals surface area contributed by atoms with Gasteiger partial charge in [-0.3, -0.25) is 10.1 Å². The van der Waals surface area contributed by atoms with Crippen molar-refractivity contribution in [2.45, 2.75) is 24.9 Å². The summed E-state index contributed by atoms with van der Waals surface area (Å²) < 4.78 is 40.8. The zero-order chi connectivity index (χ0) is 21.7. The highest BCUT2D eigenvalue weighted by Gasteiger charge is 2.31. The number of benzene rings is 2. The third-order valence-electron chi connectivity index (χ3n) is 4.27. The molecule has 4 nitrogen and oxygen atoms in total. The number of carbonyl (C=O) groups excluding carboxylic acids is 1. The molecule has 30 heavy (non-hydrogen) atoms. The first-order chi connectivity index (χ1) is 14.3. The van der Waals surface area contributed by atoms with Gasteiger partial charge in [0.05, 0.1) is 11.3 Å². The molecule has 0 aliphatic rings. The molecule has 3 aromatic rings. The van der Waals surface area contributed by atoms with Crippen LogP contribution in [0, 0.1) is 0 Å². The predicted molar refractivity (Wildman–Crippen MR) is 116 cm³/mol. The van der Waals surface area contributed by atoms with Crippen molar-refractivity contribution in [1.29, 1.82) is 0 Å². The topological polar surface area (TPSA) is 45.2 Å². The fourth-order valence-corrected chi connectivity index (χ4v) is 4.19. The van der Waals surface area contributed by atoms with E-state index in [1.54, 1.807) is 17.3 Å². The highest BCUT2D eigenvalue weighted by atomic mass is 32.2. The summed E-state index contributed by atoms with van der Waals surface area (Å²) in [5.41, 5.74) is 0.658. The van der Waals surface area contributed by atoms with Crippen LogP contribution in [0.3, 0.4) is 0 Å². The Balaban J connectivity index is 1.69. The van der Waals surface area contributed by atoms with Crippen molar-refractivity contribution < 1.29 is 18.0 Å². The molecule has 0 radical (unpaired) electrons. The Bertz CT molecular complexity index is 999. The second-order valence-electron chi connectivity index (χ2n) is 6.30. The van der Waals surface area contributed by atoms with Crippen LogP contribution < -0.4 is 5.32 Å². The second kappa shape index (κ2) is 9.63. The van der Waals surface area contributed by atoms with Gasteiger partial charge >= 0.3 is 6.18 Å². The Hall–Kier alpha value is -2.36. The molecule has 0 aliphatic carbocycles. The van der Waals surface area contributed by atoms with Gasteiger partial charge in [-0.25, -0.2) is 9.29 Å². The molecule has 1 aromatic heterocycles. The number of alkyl halides is 3. The van der Waals surface area contributed by atoms with Crippen molar-refractivity contribution in [2.75, 3.05) is 18.4 Å². The molecule has 1 heterocycles. The van der Waals surface area contributed by atoms with Crippen LogP contribution in [0.4, 0.5) is 18.3 Å². The van der Waals surface area contributed by atoms with E-state index in [0.29, 0.717) is 10.8 Å². The van der Waals surface area contributed by atoms with Gasteiger partial charge < -0.3 is 0 Å². The highest BCUT2D eigenvalue weighted by molar-refractivity contribution is 7.97. The fourth-order valence-electron chi connectivity index (χ4n) is 2.66.